The summed E-state index contributed by atoms with van der Waals surface area (Å²) in [7, 11) is 1.94. The first-order valence-electron chi connectivity index (χ1n) is 8.88. The van der Waals surface area contributed by atoms with E-state index in [0.29, 0.717) is 25.3 Å². The summed E-state index contributed by atoms with van der Waals surface area (Å²) in [6.45, 7) is 6.65. The number of aryl methyl sites for hydroxylation is 3. The van der Waals surface area contributed by atoms with Crippen molar-refractivity contribution < 1.29 is 4.79 Å². The van der Waals surface area contributed by atoms with Gasteiger partial charge >= 0.3 is 0 Å². The van der Waals surface area contributed by atoms with Gasteiger partial charge in [-0.25, -0.2) is 0 Å². The Morgan fingerprint density at radius 2 is 2.12 bits per heavy atom. The number of carbonyl (C=O) groups excluding carboxylic acids is 1. The summed E-state index contributed by atoms with van der Waals surface area (Å²) >= 11 is 0. The maximum atomic E-state index is 13.0. The molecule has 0 aliphatic carbocycles. The highest BCUT2D eigenvalue weighted by atomic mass is 16.2. The fourth-order valence-electron chi connectivity index (χ4n) is 3.54. The molecular formula is C17H22N8O. The monoisotopic (exact) mass is 354 g/mol. The lowest BCUT2D eigenvalue weighted by Gasteiger charge is -2.27. The summed E-state index contributed by atoms with van der Waals surface area (Å²) < 4.78 is 5.60. The minimum absolute atomic E-state index is 0.00163. The Balaban J connectivity index is 1.69. The number of fused-ring (bicyclic) bond motifs is 1. The largest absolute Gasteiger partial charge is 0.332 e. The van der Waals surface area contributed by atoms with Gasteiger partial charge in [0.15, 0.2) is 5.82 Å². The lowest BCUT2D eigenvalue weighted by molar-refractivity contribution is 0.0721. The van der Waals surface area contributed by atoms with Crippen LogP contribution in [0.1, 0.15) is 35.6 Å². The van der Waals surface area contributed by atoms with Crippen molar-refractivity contribution in [1.29, 1.82) is 0 Å². The van der Waals surface area contributed by atoms with Crippen molar-refractivity contribution in [2.75, 3.05) is 6.54 Å². The minimum atomic E-state index is 0.00163. The van der Waals surface area contributed by atoms with Crippen LogP contribution in [0.5, 0.6) is 0 Å². The molecule has 0 radical (unpaired) electrons. The van der Waals surface area contributed by atoms with Crippen LogP contribution >= 0.6 is 0 Å². The van der Waals surface area contributed by atoms with Crippen molar-refractivity contribution in [1.82, 2.24) is 39.2 Å². The van der Waals surface area contributed by atoms with Crippen molar-refractivity contribution in [3.63, 3.8) is 0 Å². The van der Waals surface area contributed by atoms with Crippen molar-refractivity contribution in [2.24, 2.45) is 7.05 Å². The van der Waals surface area contributed by atoms with Gasteiger partial charge in [0.2, 0.25) is 0 Å². The quantitative estimate of drug-likeness (QED) is 0.701. The number of hydrogen-bond acceptors (Lipinski definition) is 5. The van der Waals surface area contributed by atoms with Crippen LogP contribution < -0.4 is 0 Å². The minimum Gasteiger partial charge on any atom is -0.332 e. The zero-order valence-corrected chi connectivity index (χ0v) is 15.3. The average Bonchev–Trinajstić information content (AvgIpc) is 3.38. The van der Waals surface area contributed by atoms with Crippen LogP contribution in [0.2, 0.25) is 0 Å². The van der Waals surface area contributed by atoms with Gasteiger partial charge in [-0.1, -0.05) is 0 Å². The van der Waals surface area contributed by atoms with Crippen molar-refractivity contribution in [3.8, 4) is 11.5 Å². The second-order valence-electron chi connectivity index (χ2n) is 6.35. The topological polar surface area (TPSA) is 86.7 Å². The van der Waals surface area contributed by atoms with Crippen LogP contribution in [0, 0.1) is 0 Å². The zero-order valence-electron chi connectivity index (χ0n) is 15.3. The summed E-state index contributed by atoms with van der Waals surface area (Å²) in [6, 6.07) is 1.78. The molecule has 0 spiro atoms. The molecule has 0 bridgehead atoms. The van der Waals surface area contributed by atoms with Crippen LogP contribution in [0.4, 0.5) is 0 Å². The summed E-state index contributed by atoms with van der Waals surface area (Å²) in [5.74, 6) is 0.749. The predicted octanol–water partition coefficient (Wildman–Crippen LogP) is 1.11. The Morgan fingerprint density at radius 3 is 2.88 bits per heavy atom. The highest BCUT2D eigenvalue weighted by Gasteiger charge is 2.30. The third-order valence-corrected chi connectivity index (χ3v) is 4.93. The Hall–Kier alpha value is -2.97. The molecule has 136 valence electrons. The third-order valence-electron chi connectivity index (χ3n) is 4.93. The lowest BCUT2D eigenvalue weighted by Crippen LogP contribution is -2.37. The molecule has 26 heavy (non-hydrogen) atoms. The molecule has 1 amide bonds. The van der Waals surface area contributed by atoms with E-state index >= 15 is 0 Å². The number of nitrogens with zero attached hydrogens (tertiary/aromatic N) is 8. The summed E-state index contributed by atoms with van der Waals surface area (Å²) in [4.78, 5) is 14.8. The molecule has 0 saturated heterocycles. The molecular weight excluding hydrogens is 332 g/mol. The molecule has 9 heteroatoms. The molecule has 1 aliphatic heterocycles. The number of carbonyl (C=O) groups is 1. The van der Waals surface area contributed by atoms with Gasteiger partial charge < -0.3 is 9.47 Å². The summed E-state index contributed by atoms with van der Waals surface area (Å²) in [5.41, 5.74) is 3.64. The molecule has 4 rings (SSSR count). The fraction of sp³-hybridized carbons (Fsp3) is 0.471. The molecule has 1 aliphatic rings. The first-order chi connectivity index (χ1) is 12.6. The van der Waals surface area contributed by atoms with E-state index in [1.54, 1.807) is 23.3 Å². The van der Waals surface area contributed by atoms with E-state index < -0.39 is 0 Å². The normalized spacial score (nSPS) is 13.9. The lowest BCUT2D eigenvalue weighted by atomic mass is 10.0. The predicted molar refractivity (Wildman–Crippen MR) is 94.2 cm³/mol. The molecule has 0 saturated carbocycles. The van der Waals surface area contributed by atoms with E-state index in [1.165, 1.54) is 0 Å². The van der Waals surface area contributed by atoms with Gasteiger partial charge in [-0.15, -0.1) is 10.2 Å². The highest BCUT2D eigenvalue weighted by Crippen LogP contribution is 2.29. The molecule has 3 aromatic heterocycles. The van der Waals surface area contributed by atoms with E-state index in [1.807, 2.05) is 35.0 Å². The Bertz CT molecular complexity index is 950. The zero-order chi connectivity index (χ0) is 18.3. The fourth-order valence-corrected chi connectivity index (χ4v) is 3.54. The number of rotatable bonds is 4. The Labute approximate surface area is 151 Å². The standard InChI is InChI=1S/C17H22N8O/c1-4-23-11-18-20-16(23)15-12-10-24(9-7-13(12)22(3)21-15)17(26)14-6-8-19-25(14)5-2/h6,8,11H,4-5,7,9-10H2,1-3H3. The van der Waals surface area contributed by atoms with E-state index in [-0.39, 0.29) is 5.91 Å². The molecule has 0 aromatic carbocycles. The summed E-state index contributed by atoms with van der Waals surface area (Å²) in [5, 5.41) is 17.1. The molecule has 0 N–H and O–H groups in total. The first kappa shape index (κ1) is 16.5. The van der Waals surface area contributed by atoms with Gasteiger partial charge in [0.05, 0.1) is 6.54 Å². The maximum Gasteiger partial charge on any atom is 0.272 e. The van der Waals surface area contributed by atoms with Gasteiger partial charge in [-0.05, 0) is 19.9 Å². The maximum absolute atomic E-state index is 13.0. The van der Waals surface area contributed by atoms with Gasteiger partial charge in [-0.3, -0.25) is 14.2 Å². The third kappa shape index (κ3) is 2.51. The molecule has 0 atom stereocenters. The van der Waals surface area contributed by atoms with Crippen LogP contribution in [0.25, 0.3) is 11.5 Å². The van der Waals surface area contributed by atoms with E-state index in [2.05, 4.69) is 20.4 Å². The highest BCUT2D eigenvalue weighted by molar-refractivity contribution is 5.92. The van der Waals surface area contributed by atoms with Crippen LogP contribution in [-0.2, 0) is 33.1 Å². The number of hydrogen-bond donors (Lipinski definition) is 0. The van der Waals surface area contributed by atoms with Gasteiger partial charge in [0, 0.05) is 50.6 Å². The van der Waals surface area contributed by atoms with Gasteiger partial charge in [0.1, 0.15) is 17.7 Å². The summed E-state index contributed by atoms with van der Waals surface area (Å²) in [6.07, 6.45) is 4.15. The molecule has 4 heterocycles. The Morgan fingerprint density at radius 1 is 1.27 bits per heavy atom. The Kier molecular flexibility index (Phi) is 4.06. The smallest absolute Gasteiger partial charge is 0.272 e. The molecule has 0 fully saturated rings. The molecule has 3 aromatic rings. The van der Waals surface area contributed by atoms with Gasteiger partial charge in [-0.2, -0.15) is 10.2 Å². The number of amides is 1. The first-order valence-corrected chi connectivity index (χ1v) is 8.88. The van der Waals surface area contributed by atoms with Crippen molar-refractivity contribution >= 4 is 5.91 Å². The van der Waals surface area contributed by atoms with Crippen LogP contribution in [0.3, 0.4) is 0 Å². The van der Waals surface area contributed by atoms with E-state index in [0.717, 1.165) is 35.7 Å². The van der Waals surface area contributed by atoms with E-state index in [4.69, 9.17) is 0 Å². The van der Waals surface area contributed by atoms with E-state index in [9.17, 15) is 4.79 Å². The molecule has 9 nitrogen and oxygen atoms in total. The van der Waals surface area contributed by atoms with Crippen molar-refractivity contribution in [3.05, 3.63) is 35.5 Å². The number of aromatic nitrogens is 7. The SMILES string of the molecule is CCn1cnnc1-c1nn(C)c2c1CN(C(=O)c1ccnn1CC)CC2. The van der Waals surface area contributed by atoms with Crippen LogP contribution in [-0.4, -0.2) is 51.7 Å². The molecule has 0 unspecified atom stereocenters. The van der Waals surface area contributed by atoms with Crippen molar-refractivity contribution in [2.45, 2.75) is 39.9 Å². The van der Waals surface area contributed by atoms with Gasteiger partial charge in [0.25, 0.3) is 5.91 Å². The second kappa shape index (κ2) is 6.40. The second-order valence-corrected chi connectivity index (χ2v) is 6.35. The van der Waals surface area contributed by atoms with Crippen LogP contribution in [0.15, 0.2) is 18.6 Å². The average molecular weight is 354 g/mol.